The molecule has 4 atom stereocenters. The molecule has 1 aliphatic rings. The molecule has 0 bridgehead atoms. The van der Waals surface area contributed by atoms with Gasteiger partial charge in [-0.3, -0.25) is 9.59 Å². The van der Waals surface area contributed by atoms with Crippen LogP contribution in [0.25, 0.3) is 0 Å². The monoisotopic (exact) mass is 539 g/mol. The summed E-state index contributed by atoms with van der Waals surface area (Å²) < 4.78 is 12.6. The summed E-state index contributed by atoms with van der Waals surface area (Å²) in [7, 11) is 5.66. The standard InChI is InChI=1S/C31H45N3O5/c1-22-19-34(23(2)21-35)31(37)27-18-26(32(4)5)15-16-28(27)39-24(3)12-10-11-17-38-29(22)20-33(6)30(36)25-13-8-7-9-14-25/h7-9,13-16,18,22-24,29,35H,10-12,17,19-21H2,1-6H3/t22-,23+,24+,29-/m0/s1. The number of likely N-dealkylation sites (N-methyl/N-ethyl adjacent to an activating group) is 1. The first kappa shape index (κ1) is 30.4. The number of nitrogens with zero attached hydrogens (tertiary/aromatic N) is 3. The Morgan fingerprint density at radius 3 is 2.49 bits per heavy atom. The molecule has 0 aliphatic carbocycles. The van der Waals surface area contributed by atoms with E-state index in [1.165, 1.54) is 0 Å². The number of carbonyl (C=O) groups excluding carboxylic acids is 2. The number of aliphatic hydroxyl groups is 1. The molecule has 0 saturated heterocycles. The maximum Gasteiger partial charge on any atom is 0.258 e. The summed E-state index contributed by atoms with van der Waals surface area (Å²) >= 11 is 0. The largest absolute Gasteiger partial charge is 0.490 e. The van der Waals surface area contributed by atoms with Crippen molar-refractivity contribution < 1.29 is 24.2 Å². The van der Waals surface area contributed by atoms with Crippen molar-refractivity contribution in [2.45, 2.75) is 58.3 Å². The van der Waals surface area contributed by atoms with E-state index in [2.05, 4.69) is 0 Å². The van der Waals surface area contributed by atoms with Crippen LogP contribution in [0, 0.1) is 5.92 Å². The summed E-state index contributed by atoms with van der Waals surface area (Å²) in [5.41, 5.74) is 2.00. The van der Waals surface area contributed by atoms with Crippen LogP contribution in [0.15, 0.2) is 48.5 Å². The van der Waals surface area contributed by atoms with E-state index in [1.807, 2.05) is 88.3 Å². The molecule has 1 N–H and O–H groups in total. The number of amides is 2. The third kappa shape index (κ3) is 8.19. The molecule has 8 nitrogen and oxygen atoms in total. The molecule has 8 heteroatoms. The van der Waals surface area contributed by atoms with Crippen LogP contribution < -0.4 is 9.64 Å². The van der Waals surface area contributed by atoms with Gasteiger partial charge in [0.2, 0.25) is 0 Å². The Hall–Kier alpha value is -3.10. The molecule has 0 unspecified atom stereocenters. The topological polar surface area (TPSA) is 82.6 Å². The molecule has 39 heavy (non-hydrogen) atoms. The Balaban J connectivity index is 1.93. The van der Waals surface area contributed by atoms with Gasteiger partial charge in [-0.2, -0.15) is 0 Å². The molecule has 0 fully saturated rings. The molecule has 214 valence electrons. The SMILES string of the molecule is C[C@@H]1CCCCO[C@@H](CN(C)C(=O)c2ccccc2)[C@@H](C)CN([C@H](C)CO)C(=O)c2cc(N(C)C)ccc2O1. The summed E-state index contributed by atoms with van der Waals surface area (Å²) in [5.74, 6) is 0.189. The molecular weight excluding hydrogens is 494 g/mol. The zero-order valence-corrected chi connectivity index (χ0v) is 24.3. The molecule has 0 aromatic heterocycles. The lowest BCUT2D eigenvalue weighted by atomic mass is 10.0. The number of rotatable bonds is 6. The molecule has 0 saturated carbocycles. The molecule has 0 radical (unpaired) electrons. The average Bonchev–Trinajstić information content (AvgIpc) is 2.93. The van der Waals surface area contributed by atoms with Gasteiger partial charge in [0.15, 0.2) is 0 Å². The maximum absolute atomic E-state index is 14.1. The predicted octanol–water partition coefficient (Wildman–Crippen LogP) is 4.32. The van der Waals surface area contributed by atoms with Crippen molar-refractivity contribution in [3.8, 4) is 5.75 Å². The van der Waals surface area contributed by atoms with Crippen molar-refractivity contribution in [3.63, 3.8) is 0 Å². The summed E-state index contributed by atoms with van der Waals surface area (Å²) in [6.07, 6.45) is 2.27. The van der Waals surface area contributed by atoms with Crippen molar-refractivity contribution in [2.24, 2.45) is 5.92 Å². The number of aliphatic hydroxyl groups excluding tert-OH is 1. The number of benzene rings is 2. The van der Waals surface area contributed by atoms with Gasteiger partial charge in [0.05, 0.1) is 30.4 Å². The van der Waals surface area contributed by atoms with Crippen LogP contribution in [0.1, 0.15) is 60.7 Å². The van der Waals surface area contributed by atoms with E-state index in [1.54, 1.807) is 16.8 Å². The minimum Gasteiger partial charge on any atom is -0.490 e. The number of anilines is 1. The van der Waals surface area contributed by atoms with Crippen LogP contribution >= 0.6 is 0 Å². The fourth-order valence-corrected chi connectivity index (χ4v) is 4.81. The fraction of sp³-hybridized carbons (Fsp3) is 0.548. The second-order valence-corrected chi connectivity index (χ2v) is 10.9. The van der Waals surface area contributed by atoms with Crippen molar-refractivity contribution in [1.29, 1.82) is 0 Å². The Morgan fingerprint density at radius 1 is 1.10 bits per heavy atom. The van der Waals surface area contributed by atoms with Gasteiger partial charge < -0.3 is 29.3 Å². The van der Waals surface area contributed by atoms with Gasteiger partial charge in [0.25, 0.3) is 11.8 Å². The third-order valence-corrected chi connectivity index (χ3v) is 7.37. The second kappa shape index (κ2) is 14.3. The van der Waals surface area contributed by atoms with Gasteiger partial charge in [-0.15, -0.1) is 0 Å². The number of carbonyl (C=O) groups is 2. The van der Waals surface area contributed by atoms with Crippen LogP contribution in [0.4, 0.5) is 5.69 Å². The number of hydrogen-bond donors (Lipinski definition) is 1. The van der Waals surface area contributed by atoms with E-state index in [0.29, 0.717) is 36.6 Å². The van der Waals surface area contributed by atoms with Gasteiger partial charge in [-0.25, -0.2) is 0 Å². The van der Waals surface area contributed by atoms with Crippen LogP contribution in [0.5, 0.6) is 5.75 Å². The van der Waals surface area contributed by atoms with Gasteiger partial charge in [-0.1, -0.05) is 25.1 Å². The van der Waals surface area contributed by atoms with E-state index in [4.69, 9.17) is 9.47 Å². The zero-order chi connectivity index (χ0) is 28.5. The first-order chi connectivity index (χ1) is 18.6. The Labute approximate surface area is 233 Å². The van der Waals surface area contributed by atoms with Crippen LogP contribution in [0.2, 0.25) is 0 Å². The minimum atomic E-state index is -0.412. The summed E-state index contributed by atoms with van der Waals surface area (Å²) in [6.45, 7) is 7.04. The average molecular weight is 540 g/mol. The Bertz CT molecular complexity index is 1080. The quantitative estimate of drug-likeness (QED) is 0.589. The number of ether oxygens (including phenoxy) is 2. The van der Waals surface area contributed by atoms with E-state index in [0.717, 1.165) is 24.9 Å². The molecule has 1 aliphatic heterocycles. The normalized spacial score (nSPS) is 21.8. The smallest absolute Gasteiger partial charge is 0.258 e. The van der Waals surface area contributed by atoms with Gasteiger partial charge >= 0.3 is 0 Å². The molecule has 2 aromatic rings. The molecule has 2 aromatic carbocycles. The summed E-state index contributed by atoms with van der Waals surface area (Å²) in [5, 5.41) is 10.1. The lowest BCUT2D eigenvalue weighted by Gasteiger charge is -2.36. The minimum absolute atomic E-state index is 0.0708. The van der Waals surface area contributed by atoms with Crippen molar-refractivity contribution in [2.75, 3.05) is 52.3 Å². The van der Waals surface area contributed by atoms with Crippen molar-refractivity contribution in [1.82, 2.24) is 9.80 Å². The van der Waals surface area contributed by atoms with Crippen LogP contribution in [-0.2, 0) is 4.74 Å². The highest BCUT2D eigenvalue weighted by Gasteiger charge is 2.31. The van der Waals surface area contributed by atoms with Gasteiger partial charge in [-0.05, 0) is 63.4 Å². The van der Waals surface area contributed by atoms with E-state index in [-0.39, 0.29) is 36.5 Å². The molecular formula is C31H45N3O5. The highest BCUT2D eigenvalue weighted by atomic mass is 16.5. The van der Waals surface area contributed by atoms with Crippen molar-refractivity contribution in [3.05, 3.63) is 59.7 Å². The molecule has 3 rings (SSSR count). The molecule has 0 spiro atoms. The van der Waals surface area contributed by atoms with E-state index < -0.39 is 6.04 Å². The summed E-state index contributed by atoms with van der Waals surface area (Å²) in [6, 6.07) is 14.5. The lowest BCUT2D eigenvalue weighted by Crippen LogP contribution is -2.48. The highest BCUT2D eigenvalue weighted by Crippen LogP contribution is 2.29. The zero-order valence-electron chi connectivity index (χ0n) is 24.3. The third-order valence-electron chi connectivity index (χ3n) is 7.37. The number of fused-ring (bicyclic) bond motifs is 1. The second-order valence-electron chi connectivity index (χ2n) is 10.9. The van der Waals surface area contributed by atoms with Gasteiger partial charge in [0.1, 0.15) is 5.75 Å². The fourth-order valence-electron chi connectivity index (χ4n) is 4.81. The maximum atomic E-state index is 14.1. The first-order valence-electron chi connectivity index (χ1n) is 13.9. The van der Waals surface area contributed by atoms with Crippen LogP contribution in [0.3, 0.4) is 0 Å². The predicted molar refractivity (Wildman–Crippen MR) is 155 cm³/mol. The first-order valence-corrected chi connectivity index (χ1v) is 13.9. The summed E-state index contributed by atoms with van der Waals surface area (Å²) in [4.78, 5) is 32.5. The van der Waals surface area contributed by atoms with Crippen LogP contribution in [-0.4, -0.2) is 92.4 Å². The van der Waals surface area contributed by atoms with E-state index >= 15 is 0 Å². The Morgan fingerprint density at radius 2 is 1.82 bits per heavy atom. The lowest BCUT2D eigenvalue weighted by molar-refractivity contribution is -0.0149. The molecule has 2 amide bonds. The Kier molecular flexibility index (Phi) is 11.2. The van der Waals surface area contributed by atoms with Crippen molar-refractivity contribution >= 4 is 17.5 Å². The number of hydrogen-bond acceptors (Lipinski definition) is 6. The van der Waals surface area contributed by atoms with Gasteiger partial charge in [0, 0.05) is 58.0 Å². The molecule has 1 heterocycles. The highest BCUT2D eigenvalue weighted by molar-refractivity contribution is 5.98. The van der Waals surface area contributed by atoms with E-state index in [9.17, 15) is 14.7 Å².